The van der Waals surface area contributed by atoms with Crippen molar-refractivity contribution < 1.29 is 18.7 Å². The lowest BCUT2D eigenvalue weighted by Crippen LogP contribution is -2.24. The first-order valence-electron chi connectivity index (χ1n) is 8.70. The largest absolute Gasteiger partial charge is 0.477 e. The standard InChI is InChI=1S/C18H21N3O4/c22-18(16-17(25-11-21-16)14-2-1-7-23-14)20-9-13-5-6-15(19-8-13)24-10-12-3-4-12/h5-6,8,11-12,14H,1-4,7,9-10H2,(H,20,22)/t14-/m1/s1. The first-order chi connectivity index (χ1) is 12.3. The van der Waals surface area contributed by atoms with Gasteiger partial charge in [-0.15, -0.1) is 0 Å². The summed E-state index contributed by atoms with van der Waals surface area (Å²) in [6, 6.07) is 3.73. The third-order valence-electron chi connectivity index (χ3n) is 4.45. The number of carbonyl (C=O) groups is 1. The highest BCUT2D eigenvalue weighted by molar-refractivity contribution is 5.93. The number of hydrogen-bond donors (Lipinski definition) is 1. The molecule has 2 aromatic rings. The molecule has 1 aliphatic carbocycles. The van der Waals surface area contributed by atoms with Gasteiger partial charge in [0.05, 0.1) is 6.61 Å². The van der Waals surface area contributed by atoms with Crippen molar-refractivity contribution in [1.82, 2.24) is 15.3 Å². The molecule has 7 heteroatoms. The second-order valence-corrected chi connectivity index (χ2v) is 6.51. The van der Waals surface area contributed by atoms with E-state index in [1.165, 1.54) is 19.2 Å². The molecule has 0 radical (unpaired) electrons. The summed E-state index contributed by atoms with van der Waals surface area (Å²) >= 11 is 0. The molecular weight excluding hydrogens is 322 g/mol. The maximum Gasteiger partial charge on any atom is 0.273 e. The number of ether oxygens (including phenoxy) is 2. The third kappa shape index (κ3) is 3.99. The number of pyridine rings is 1. The zero-order chi connectivity index (χ0) is 17.1. The predicted molar refractivity (Wildman–Crippen MR) is 88.1 cm³/mol. The molecule has 0 unspecified atom stereocenters. The molecule has 1 saturated heterocycles. The van der Waals surface area contributed by atoms with Gasteiger partial charge in [0.1, 0.15) is 6.10 Å². The molecule has 2 aliphatic rings. The Labute approximate surface area is 145 Å². The third-order valence-corrected chi connectivity index (χ3v) is 4.45. The van der Waals surface area contributed by atoms with Crippen LogP contribution >= 0.6 is 0 Å². The Morgan fingerprint density at radius 1 is 1.28 bits per heavy atom. The van der Waals surface area contributed by atoms with Gasteiger partial charge in [0.25, 0.3) is 5.91 Å². The van der Waals surface area contributed by atoms with Gasteiger partial charge in [-0.05, 0) is 37.2 Å². The van der Waals surface area contributed by atoms with E-state index in [9.17, 15) is 4.79 Å². The van der Waals surface area contributed by atoms with E-state index in [1.54, 1.807) is 6.20 Å². The molecule has 3 heterocycles. The number of aromatic nitrogens is 2. The van der Waals surface area contributed by atoms with Crippen molar-refractivity contribution in [2.24, 2.45) is 5.92 Å². The van der Waals surface area contributed by atoms with Crippen LogP contribution in [0.4, 0.5) is 0 Å². The molecule has 1 amide bonds. The van der Waals surface area contributed by atoms with Crippen LogP contribution in [0.15, 0.2) is 29.1 Å². The van der Waals surface area contributed by atoms with Crippen LogP contribution in [0.1, 0.15) is 53.6 Å². The lowest BCUT2D eigenvalue weighted by Gasteiger charge is -2.09. The van der Waals surface area contributed by atoms with Crippen LogP contribution in [0.3, 0.4) is 0 Å². The Kier molecular flexibility index (Phi) is 4.65. The summed E-state index contributed by atoms with van der Waals surface area (Å²) in [5, 5.41) is 2.85. The first kappa shape index (κ1) is 16.1. The van der Waals surface area contributed by atoms with E-state index in [0.29, 0.717) is 36.4 Å². The van der Waals surface area contributed by atoms with E-state index in [1.807, 2.05) is 12.1 Å². The van der Waals surface area contributed by atoms with Crippen molar-refractivity contribution >= 4 is 5.91 Å². The fourth-order valence-electron chi connectivity index (χ4n) is 2.79. The summed E-state index contributed by atoms with van der Waals surface area (Å²) < 4.78 is 16.5. The molecule has 132 valence electrons. The predicted octanol–water partition coefficient (Wildman–Crippen LogP) is 2.64. The zero-order valence-corrected chi connectivity index (χ0v) is 13.9. The topological polar surface area (TPSA) is 86.5 Å². The van der Waals surface area contributed by atoms with Gasteiger partial charge in [0.15, 0.2) is 17.8 Å². The van der Waals surface area contributed by atoms with Crippen LogP contribution in [-0.2, 0) is 11.3 Å². The fourth-order valence-corrected chi connectivity index (χ4v) is 2.79. The van der Waals surface area contributed by atoms with Crippen molar-refractivity contribution in [3.63, 3.8) is 0 Å². The Bertz CT molecular complexity index is 718. The molecule has 2 aromatic heterocycles. The highest BCUT2D eigenvalue weighted by Gasteiger charge is 2.27. The maximum atomic E-state index is 12.4. The molecule has 1 N–H and O–H groups in total. The zero-order valence-electron chi connectivity index (χ0n) is 13.9. The minimum atomic E-state index is -0.270. The Balaban J connectivity index is 1.31. The van der Waals surface area contributed by atoms with Gasteiger partial charge in [-0.25, -0.2) is 9.97 Å². The lowest BCUT2D eigenvalue weighted by molar-refractivity contribution is 0.0860. The summed E-state index contributed by atoms with van der Waals surface area (Å²) in [6.45, 7) is 1.79. The number of oxazole rings is 1. The summed E-state index contributed by atoms with van der Waals surface area (Å²) in [6.07, 6.45) is 7.15. The maximum absolute atomic E-state index is 12.4. The second kappa shape index (κ2) is 7.23. The van der Waals surface area contributed by atoms with Crippen molar-refractivity contribution in [3.05, 3.63) is 41.7 Å². The highest BCUT2D eigenvalue weighted by Crippen LogP contribution is 2.30. The van der Waals surface area contributed by atoms with Crippen LogP contribution in [0.2, 0.25) is 0 Å². The molecule has 2 fully saturated rings. The fraction of sp³-hybridized carbons (Fsp3) is 0.500. The Morgan fingerprint density at radius 3 is 2.92 bits per heavy atom. The van der Waals surface area contributed by atoms with Crippen LogP contribution in [-0.4, -0.2) is 29.1 Å². The monoisotopic (exact) mass is 343 g/mol. The molecule has 1 saturated carbocycles. The van der Waals surface area contributed by atoms with Gasteiger partial charge < -0.3 is 19.2 Å². The lowest BCUT2D eigenvalue weighted by atomic mass is 10.1. The van der Waals surface area contributed by atoms with Gasteiger partial charge in [-0.3, -0.25) is 4.79 Å². The summed E-state index contributed by atoms with van der Waals surface area (Å²) in [5.74, 6) is 1.56. The smallest absolute Gasteiger partial charge is 0.273 e. The van der Waals surface area contributed by atoms with Crippen LogP contribution < -0.4 is 10.1 Å². The van der Waals surface area contributed by atoms with Gasteiger partial charge in [-0.1, -0.05) is 6.07 Å². The minimum Gasteiger partial charge on any atom is -0.477 e. The van der Waals surface area contributed by atoms with Crippen molar-refractivity contribution in [2.45, 2.75) is 38.3 Å². The first-order valence-corrected chi connectivity index (χ1v) is 8.70. The van der Waals surface area contributed by atoms with Gasteiger partial charge in [0, 0.05) is 25.4 Å². The van der Waals surface area contributed by atoms with E-state index in [-0.39, 0.29) is 12.0 Å². The second-order valence-electron chi connectivity index (χ2n) is 6.51. The van der Waals surface area contributed by atoms with E-state index < -0.39 is 0 Å². The van der Waals surface area contributed by atoms with Crippen LogP contribution in [0, 0.1) is 5.92 Å². The Hall–Kier alpha value is -2.41. The molecule has 7 nitrogen and oxygen atoms in total. The van der Waals surface area contributed by atoms with Crippen LogP contribution in [0.5, 0.6) is 5.88 Å². The number of amides is 1. The normalized spacial score (nSPS) is 19.8. The van der Waals surface area contributed by atoms with Crippen LogP contribution in [0.25, 0.3) is 0 Å². The number of nitrogens with one attached hydrogen (secondary N) is 1. The van der Waals surface area contributed by atoms with E-state index in [4.69, 9.17) is 13.9 Å². The molecule has 1 aliphatic heterocycles. The molecule has 0 spiro atoms. The molecule has 0 aromatic carbocycles. The van der Waals surface area contributed by atoms with Crippen molar-refractivity contribution in [3.8, 4) is 5.88 Å². The summed E-state index contributed by atoms with van der Waals surface area (Å²) in [4.78, 5) is 20.7. The number of rotatable bonds is 7. The average Bonchev–Trinajstić information content (AvgIpc) is 3.11. The van der Waals surface area contributed by atoms with Crippen molar-refractivity contribution in [1.29, 1.82) is 0 Å². The molecule has 0 bridgehead atoms. The number of nitrogens with zero attached hydrogens (tertiary/aromatic N) is 2. The Morgan fingerprint density at radius 2 is 2.20 bits per heavy atom. The molecule has 4 rings (SSSR count). The van der Waals surface area contributed by atoms with Gasteiger partial charge >= 0.3 is 0 Å². The highest BCUT2D eigenvalue weighted by atomic mass is 16.5. The average molecular weight is 343 g/mol. The van der Waals surface area contributed by atoms with E-state index >= 15 is 0 Å². The van der Waals surface area contributed by atoms with Gasteiger partial charge in [0.2, 0.25) is 5.88 Å². The molecule has 25 heavy (non-hydrogen) atoms. The van der Waals surface area contributed by atoms with E-state index in [0.717, 1.165) is 25.0 Å². The molecule has 1 atom stereocenters. The van der Waals surface area contributed by atoms with Crippen molar-refractivity contribution in [2.75, 3.05) is 13.2 Å². The minimum absolute atomic E-state index is 0.173. The van der Waals surface area contributed by atoms with Gasteiger partial charge in [-0.2, -0.15) is 0 Å². The van der Waals surface area contributed by atoms with E-state index in [2.05, 4.69) is 15.3 Å². The molecular formula is C18H21N3O4. The number of hydrogen-bond acceptors (Lipinski definition) is 6. The summed E-state index contributed by atoms with van der Waals surface area (Å²) in [5.41, 5.74) is 1.19. The summed E-state index contributed by atoms with van der Waals surface area (Å²) in [7, 11) is 0. The quantitative estimate of drug-likeness (QED) is 0.832. The SMILES string of the molecule is O=C(NCc1ccc(OCC2CC2)nc1)c1ncoc1[C@H]1CCCO1. The number of carbonyl (C=O) groups excluding carboxylic acids is 1.